The molecular formula is C20H17ClN2O3S2. The first-order valence-corrected chi connectivity index (χ1v) is 11.3. The molecule has 3 aromatic rings. The number of anilines is 1. The predicted molar refractivity (Wildman–Crippen MR) is 113 cm³/mol. The lowest BCUT2D eigenvalue weighted by molar-refractivity contribution is 0.414. The summed E-state index contributed by atoms with van der Waals surface area (Å²) in [6.07, 6.45) is 3.38. The monoisotopic (exact) mass is 432 g/mol. The Morgan fingerprint density at radius 1 is 1.07 bits per heavy atom. The molecule has 0 unspecified atom stereocenters. The van der Waals surface area contributed by atoms with Gasteiger partial charge < -0.3 is 4.74 Å². The maximum Gasteiger partial charge on any atom is 0.264 e. The SMILES string of the molecule is COc1ccc(S(=O)(=O)N2CCSc3c(-c4ccc(Cl)cc4)cncc32)cc1. The van der Waals surface area contributed by atoms with E-state index in [9.17, 15) is 8.42 Å². The minimum atomic E-state index is -3.70. The Balaban J connectivity index is 1.78. The van der Waals surface area contributed by atoms with Crippen LogP contribution in [0.4, 0.5) is 5.69 Å². The van der Waals surface area contributed by atoms with Gasteiger partial charge in [0, 0.05) is 34.0 Å². The van der Waals surface area contributed by atoms with Gasteiger partial charge in [0.05, 0.1) is 23.9 Å². The highest BCUT2D eigenvalue weighted by molar-refractivity contribution is 8.00. The molecule has 0 fully saturated rings. The van der Waals surface area contributed by atoms with Crippen molar-refractivity contribution in [3.05, 3.63) is 65.9 Å². The fourth-order valence-corrected chi connectivity index (χ4v) is 5.96. The van der Waals surface area contributed by atoms with Crippen LogP contribution in [-0.4, -0.2) is 32.8 Å². The molecule has 28 heavy (non-hydrogen) atoms. The van der Waals surface area contributed by atoms with Gasteiger partial charge in [0.2, 0.25) is 0 Å². The quantitative estimate of drug-likeness (QED) is 0.597. The fourth-order valence-electron chi connectivity index (χ4n) is 3.08. The van der Waals surface area contributed by atoms with Crippen LogP contribution in [-0.2, 0) is 10.0 Å². The number of benzene rings is 2. The number of fused-ring (bicyclic) bond motifs is 1. The molecule has 2 heterocycles. The molecule has 0 bridgehead atoms. The van der Waals surface area contributed by atoms with E-state index in [1.165, 1.54) is 4.31 Å². The maximum atomic E-state index is 13.3. The number of nitrogens with zero attached hydrogens (tertiary/aromatic N) is 2. The lowest BCUT2D eigenvalue weighted by Gasteiger charge is -2.30. The molecule has 0 N–H and O–H groups in total. The molecule has 8 heteroatoms. The third kappa shape index (κ3) is 3.45. The van der Waals surface area contributed by atoms with Gasteiger partial charge in [-0.2, -0.15) is 0 Å². The van der Waals surface area contributed by atoms with Crippen molar-refractivity contribution in [3.8, 4) is 16.9 Å². The topological polar surface area (TPSA) is 59.5 Å². The minimum Gasteiger partial charge on any atom is -0.497 e. The summed E-state index contributed by atoms with van der Waals surface area (Å²) in [4.78, 5) is 5.44. The molecule has 0 saturated carbocycles. The van der Waals surface area contributed by atoms with Crippen molar-refractivity contribution in [3.63, 3.8) is 0 Å². The van der Waals surface area contributed by atoms with Gasteiger partial charge in [-0.3, -0.25) is 9.29 Å². The molecule has 0 spiro atoms. The van der Waals surface area contributed by atoms with Crippen molar-refractivity contribution in [1.29, 1.82) is 0 Å². The summed E-state index contributed by atoms with van der Waals surface area (Å²) in [5.41, 5.74) is 2.44. The molecule has 1 aromatic heterocycles. The van der Waals surface area contributed by atoms with E-state index in [2.05, 4.69) is 4.98 Å². The van der Waals surface area contributed by atoms with Crippen molar-refractivity contribution in [1.82, 2.24) is 4.98 Å². The molecule has 0 radical (unpaired) electrons. The zero-order chi connectivity index (χ0) is 19.7. The van der Waals surface area contributed by atoms with E-state index in [0.29, 0.717) is 28.8 Å². The van der Waals surface area contributed by atoms with Gasteiger partial charge in [0.1, 0.15) is 5.75 Å². The molecule has 0 saturated heterocycles. The van der Waals surface area contributed by atoms with E-state index in [-0.39, 0.29) is 4.90 Å². The maximum absolute atomic E-state index is 13.3. The van der Waals surface area contributed by atoms with Crippen molar-refractivity contribution in [2.75, 3.05) is 23.7 Å². The van der Waals surface area contributed by atoms with E-state index in [1.807, 2.05) is 24.3 Å². The Morgan fingerprint density at radius 2 is 1.79 bits per heavy atom. The van der Waals surface area contributed by atoms with Crippen LogP contribution in [0.1, 0.15) is 0 Å². The summed E-state index contributed by atoms with van der Waals surface area (Å²) in [5.74, 6) is 1.27. The normalized spacial score (nSPS) is 13.9. The lowest BCUT2D eigenvalue weighted by Crippen LogP contribution is -2.35. The van der Waals surface area contributed by atoms with Crippen LogP contribution < -0.4 is 9.04 Å². The van der Waals surface area contributed by atoms with Crippen molar-refractivity contribution >= 4 is 39.1 Å². The van der Waals surface area contributed by atoms with E-state index in [4.69, 9.17) is 16.3 Å². The largest absolute Gasteiger partial charge is 0.497 e. The molecule has 4 rings (SSSR count). The number of pyridine rings is 1. The lowest BCUT2D eigenvalue weighted by atomic mass is 10.1. The van der Waals surface area contributed by atoms with Gasteiger partial charge >= 0.3 is 0 Å². The highest BCUT2D eigenvalue weighted by atomic mass is 35.5. The summed E-state index contributed by atoms with van der Waals surface area (Å²) in [6, 6.07) is 13.9. The Bertz CT molecular complexity index is 1100. The Kier molecular flexibility index (Phi) is 5.23. The van der Waals surface area contributed by atoms with Crippen LogP contribution in [0.25, 0.3) is 11.1 Å². The highest BCUT2D eigenvalue weighted by Gasteiger charge is 2.31. The average Bonchev–Trinajstić information content (AvgIpc) is 2.73. The zero-order valence-electron chi connectivity index (χ0n) is 15.0. The van der Waals surface area contributed by atoms with Gasteiger partial charge in [-0.25, -0.2) is 8.42 Å². The fraction of sp³-hybridized carbons (Fsp3) is 0.150. The first-order chi connectivity index (χ1) is 13.5. The predicted octanol–water partition coefficient (Wildman–Crippen LogP) is 4.71. The summed E-state index contributed by atoms with van der Waals surface area (Å²) in [7, 11) is -2.16. The Morgan fingerprint density at radius 3 is 2.46 bits per heavy atom. The number of methoxy groups -OCH3 is 1. The van der Waals surface area contributed by atoms with Gasteiger partial charge in [0.25, 0.3) is 10.0 Å². The van der Waals surface area contributed by atoms with Gasteiger partial charge in [-0.1, -0.05) is 23.7 Å². The van der Waals surface area contributed by atoms with Crippen LogP contribution in [0, 0.1) is 0 Å². The second-order valence-corrected chi connectivity index (χ2v) is 9.55. The third-order valence-corrected chi connectivity index (χ3v) is 7.67. The van der Waals surface area contributed by atoms with Crippen LogP contribution in [0.3, 0.4) is 0 Å². The van der Waals surface area contributed by atoms with Crippen LogP contribution in [0.5, 0.6) is 5.75 Å². The molecule has 1 aliphatic heterocycles. The van der Waals surface area contributed by atoms with E-state index < -0.39 is 10.0 Å². The van der Waals surface area contributed by atoms with Crippen molar-refractivity contribution in [2.24, 2.45) is 0 Å². The van der Waals surface area contributed by atoms with Gasteiger partial charge in [-0.15, -0.1) is 11.8 Å². The molecule has 0 aliphatic carbocycles. The first-order valence-electron chi connectivity index (χ1n) is 8.54. The zero-order valence-corrected chi connectivity index (χ0v) is 17.4. The molecule has 144 valence electrons. The van der Waals surface area contributed by atoms with Crippen molar-refractivity contribution in [2.45, 2.75) is 9.79 Å². The second kappa shape index (κ2) is 7.66. The van der Waals surface area contributed by atoms with Gasteiger partial charge in [-0.05, 0) is 42.0 Å². The number of aromatic nitrogens is 1. The smallest absolute Gasteiger partial charge is 0.264 e. The molecule has 5 nitrogen and oxygen atoms in total. The molecule has 0 amide bonds. The first kappa shape index (κ1) is 19.1. The molecule has 2 aromatic carbocycles. The van der Waals surface area contributed by atoms with Gasteiger partial charge in [0.15, 0.2) is 0 Å². The molecular weight excluding hydrogens is 416 g/mol. The summed E-state index contributed by atoms with van der Waals surface area (Å²) < 4.78 is 33.1. The summed E-state index contributed by atoms with van der Waals surface area (Å²) in [5, 5.41) is 0.651. The number of rotatable bonds is 4. The number of thioether (sulfide) groups is 1. The summed E-state index contributed by atoms with van der Waals surface area (Å²) >= 11 is 7.63. The van der Waals surface area contributed by atoms with E-state index >= 15 is 0 Å². The summed E-state index contributed by atoms with van der Waals surface area (Å²) in [6.45, 7) is 0.387. The second-order valence-electron chi connectivity index (χ2n) is 6.14. The van der Waals surface area contributed by atoms with E-state index in [0.717, 1.165) is 16.0 Å². The Labute approximate surface area is 173 Å². The molecule has 1 aliphatic rings. The van der Waals surface area contributed by atoms with Crippen LogP contribution >= 0.6 is 23.4 Å². The van der Waals surface area contributed by atoms with Crippen molar-refractivity contribution < 1.29 is 13.2 Å². The van der Waals surface area contributed by atoms with E-state index in [1.54, 1.807) is 55.5 Å². The number of sulfonamides is 1. The minimum absolute atomic E-state index is 0.225. The number of ether oxygens (including phenoxy) is 1. The third-order valence-electron chi connectivity index (χ3n) is 4.49. The Hall–Kier alpha value is -2.22. The average molecular weight is 433 g/mol. The number of halogens is 1. The molecule has 0 atom stereocenters. The van der Waals surface area contributed by atoms with Crippen LogP contribution in [0.15, 0.2) is 70.7 Å². The number of hydrogen-bond acceptors (Lipinski definition) is 5. The number of hydrogen-bond donors (Lipinski definition) is 0. The standard InChI is InChI=1S/C20H17ClN2O3S2/c1-26-16-6-8-17(9-7-16)28(24,25)23-10-11-27-20-18(12-22-13-19(20)23)14-2-4-15(21)5-3-14/h2-9,12-13H,10-11H2,1H3. The van der Waals surface area contributed by atoms with Crippen LogP contribution in [0.2, 0.25) is 5.02 Å². The highest BCUT2D eigenvalue weighted by Crippen LogP contribution is 2.43.